The van der Waals surface area contributed by atoms with E-state index in [9.17, 15) is 9.59 Å². The van der Waals surface area contributed by atoms with Gasteiger partial charge in [-0.25, -0.2) is 4.79 Å². The predicted octanol–water partition coefficient (Wildman–Crippen LogP) is 1.56. The zero-order valence-electron chi connectivity index (χ0n) is 10.7. The first-order valence-electron chi connectivity index (χ1n) is 6.49. The molecule has 5 nitrogen and oxygen atoms in total. The van der Waals surface area contributed by atoms with E-state index in [1.54, 1.807) is 0 Å². The van der Waals surface area contributed by atoms with Crippen molar-refractivity contribution >= 4 is 17.6 Å². The molecule has 0 spiro atoms. The van der Waals surface area contributed by atoms with Crippen LogP contribution in [0.2, 0.25) is 0 Å². The van der Waals surface area contributed by atoms with E-state index in [2.05, 4.69) is 5.32 Å². The average molecular weight is 262 g/mol. The van der Waals surface area contributed by atoms with E-state index in [-0.39, 0.29) is 12.5 Å². The molecule has 1 fully saturated rings. The number of carboxylic acids is 1. The quantitative estimate of drug-likeness (QED) is 0.864. The highest BCUT2D eigenvalue weighted by molar-refractivity contribution is 5.86. The highest BCUT2D eigenvalue weighted by atomic mass is 16.4. The number of rotatable bonds is 4. The van der Waals surface area contributed by atoms with Crippen LogP contribution in [0.3, 0.4) is 0 Å². The van der Waals surface area contributed by atoms with E-state index in [4.69, 9.17) is 5.11 Å². The number of nitrogens with one attached hydrogen (secondary N) is 1. The number of hydrogen-bond acceptors (Lipinski definition) is 3. The molecule has 1 atom stereocenters. The van der Waals surface area contributed by atoms with Crippen molar-refractivity contribution in [1.29, 1.82) is 0 Å². The number of para-hydroxylation sites is 1. The SMILES string of the molecule is O=C(O)[C@H]1CCCCN1C(=O)CNc1ccccc1. The molecule has 102 valence electrons. The van der Waals surface area contributed by atoms with Gasteiger partial charge in [0.05, 0.1) is 6.54 Å². The third-order valence-electron chi connectivity index (χ3n) is 3.33. The number of nitrogens with zero attached hydrogens (tertiary/aromatic N) is 1. The van der Waals surface area contributed by atoms with Crippen LogP contribution >= 0.6 is 0 Å². The maximum atomic E-state index is 12.1. The summed E-state index contributed by atoms with van der Waals surface area (Å²) in [6.45, 7) is 0.667. The van der Waals surface area contributed by atoms with Gasteiger partial charge in [-0.3, -0.25) is 4.79 Å². The maximum Gasteiger partial charge on any atom is 0.326 e. The minimum Gasteiger partial charge on any atom is -0.480 e. The topological polar surface area (TPSA) is 69.6 Å². The Morgan fingerprint density at radius 1 is 1.26 bits per heavy atom. The van der Waals surface area contributed by atoms with Gasteiger partial charge in [-0.05, 0) is 31.4 Å². The summed E-state index contributed by atoms with van der Waals surface area (Å²) >= 11 is 0. The van der Waals surface area contributed by atoms with Crippen LogP contribution in [0.1, 0.15) is 19.3 Å². The third kappa shape index (κ3) is 3.47. The molecular weight excluding hydrogens is 244 g/mol. The van der Waals surface area contributed by atoms with Crippen molar-refractivity contribution in [2.24, 2.45) is 0 Å². The molecular formula is C14H18N2O3. The van der Waals surface area contributed by atoms with Crippen LogP contribution in [0.4, 0.5) is 5.69 Å². The lowest BCUT2D eigenvalue weighted by atomic mass is 10.0. The largest absolute Gasteiger partial charge is 0.480 e. The van der Waals surface area contributed by atoms with Gasteiger partial charge in [-0.15, -0.1) is 0 Å². The second-order valence-corrected chi connectivity index (χ2v) is 4.66. The number of aliphatic carboxylic acids is 1. The van der Waals surface area contributed by atoms with Crippen LogP contribution in [-0.2, 0) is 9.59 Å². The van der Waals surface area contributed by atoms with Crippen molar-refractivity contribution in [3.8, 4) is 0 Å². The van der Waals surface area contributed by atoms with Gasteiger partial charge in [0, 0.05) is 12.2 Å². The summed E-state index contributed by atoms with van der Waals surface area (Å²) < 4.78 is 0. The fraction of sp³-hybridized carbons (Fsp3) is 0.429. The van der Waals surface area contributed by atoms with Gasteiger partial charge in [0.25, 0.3) is 0 Å². The lowest BCUT2D eigenvalue weighted by Crippen LogP contribution is -2.49. The van der Waals surface area contributed by atoms with Gasteiger partial charge in [0.15, 0.2) is 0 Å². The first-order chi connectivity index (χ1) is 9.18. The summed E-state index contributed by atoms with van der Waals surface area (Å²) in [5.74, 6) is -1.07. The summed E-state index contributed by atoms with van der Waals surface area (Å²) in [7, 11) is 0. The summed E-state index contributed by atoms with van der Waals surface area (Å²) in [6, 6.07) is 8.74. The van der Waals surface area contributed by atoms with Crippen molar-refractivity contribution in [3.63, 3.8) is 0 Å². The highest BCUT2D eigenvalue weighted by Gasteiger charge is 2.31. The smallest absolute Gasteiger partial charge is 0.326 e. The van der Waals surface area contributed by atoms with Crippen LogP contribution in [-0.4, -0.2) is 41.0 Å². The monoisotopic (exact) mass is 262 g/mol. The van der Waals surface area contributed by atoms with Crippen LogP contribution in [0.25, 0.3) is 0 Å². The van der Waals surface area contributed by atoms with Crippen LogP contribution in [0.15, 0.2) is 30.3 Å². The molecule has 5 heteroatoms. The van der Waals surface area contributed by atoms with Crippen molar-refractivity contribution in [2.45, 2.75) is 25.3 Å². The number of piperidine rings is 1. The Morgan fingerprint density at radius 2 is 2.00 bits per heavy atom. The number of hydrogen-bond donors (Lipinski definition) is 2. The Balaban J connectivity index is 1.93. The summed E-state index contributed by atoms with van der Waals surface area (Å²) in [5.41, 5.74) is 0.861. The van der Waals surface area contributed by atoms with E-state index in [0.717, 1.165) is 18.5 Å². The molecule has 19 heavy (non-hydrogen) atoms. The number of carboxylic acid groups (broad SMARTS) is 1. The van der Waals surface area contributed by atoms with Gasteiger partial charge < -0.3 is 15.3 Å². The number of benzene rings is 1. The Hall–Kier alpha value is -2.04. The van der Waals surface area contributed by atoms with Crippen molar-refractivity contribution < 1.29 is 14.7 Å². The number of likely N-dealkylation sites (tertiary alicyclic amines) is 1. The lowest BCUT2D eigenvalue weighted by Gasteiger charge is -2.33. The molecule has 0 bridgehead atoms. The maximum absolute atomic E-state index is 12.1. The normalized spacial score (nSPS) is 18.9. The van der Waals surface area contributed by atoms with Crippen molar-refractivity contribution in [2.75, 3.05) is 18.4 Å². The minimum atomic E-state index is -0.909. The summed E-state index contributed by atoms with van der Waals surface area (Å²) in [5, 5.41) is 12.1. The molecule has 1 saturated heterocycles. The van der Waals surface area contributed by atoms with E-state index in [0.29, 0.717) is 13.0 Å². The first-order valence-corrected chi connectivity index (χ1v) is 6.49. The standard InChI is InChI=1S/C14H18N2O3/c17-13(10-15-11-6-2-1-3-7-11)16-9-5-4-8-12(16)14(18)19/h1-3,6-7,12,15H,4-5,8-10H2,(H,18,19)/t12-/m1/s1. The lowest BCUT2D eigenvalue weighted by molar-refractivity contribution is -0.151. The Morgan fingerprint density at radius 3 is 2.68 bits per heavy atom. The Kier molecular flexibility index (Phi) is 4.39. The average Bonchev–Trinajstić information content (AvgIpc) is 2.46. The minimum absolute atomic E-state index is 0.133. The molecule has 1 amide bonds. The van der Waals surface area contributed by atoms with Crippen molar-refractivity contribution in [3.05, 3.63) is 30.3 Å². The van der Waals surface area contributed by atoms with Gasteiger partial charge in [0.1, 0.15) is 6.04 Å². The van der Waals surface area contributed by atoms with E-state index in [1.165, 1.54) is 4.90 Å². The Labute approximate surface area is 112 Å². The van der Waals surface area contributed by atoms with Gasteiger partial charge in [-0.2, -0.15) is 0 Å². The zero-order valence-corrected chi connectivity index (χ0v) is 10.7. The Bertz CT molecular complexity index is 447. The predicted molar refractivity (Wildman–Crippen MR) is 71.9 cm³/mol. The number of carbonyl (C=O) groups excluding carboxylic acids is 1. The van der Waals surface area contributed by atoms with Crippen LogP contribution < -0.4 is 5.32 Å². The molecule has 1 aliphatic rings. The molecule has 1 aromatic carbocycles. The van der Waals surface area contributed by atoms with Crippen LogP contribution in [0.5, 0.6) is 0 Å². The number of carbonyl (C=O) groups is 2. The molecule has 0 unspecified atom stereocenters. The fourth-order valence-corrected chi connectivity index (χ4v) is 2.32. The van der Waals surface area contributed by atoms with Crippen LogP contribution in [0, 0.1) is 0 Å². The molecule has 1 heterocycles. The first kappa shape index (κ1) is 13.4. The molecule has 2 rings (SSSR count). The molecule has 0 radical (unpaired) electrons. The molecule has 1 aliphatic heterocycles. The van der Waals surface area contributed by atoms with Gasteiger partial charge in [-0.1, -0.05) is 18.2 Å². The number of anilines is 1. The second-order valence-electron chi connectivity index (χ2n) is 4.66. The van der Waals surface area contributed by atoms with E-state index < -0.39 is 12.0 Å². The van der Waals surface area contributed by atoms with Gasteiger partial charge in [0.2, 0.25) is 5.91 Å². The highest BCUT2D eigenvalue weighted by Crippen LogP contribution is 2.17. The molecule has 2 N–H and O–H groups in total. The van der Waals surface area contributed by atoms with Crippen molar-refractivity contribution in [1.82, 2.24) is 4.90 Å². The van der Waals surface area contributed by atoms with Gasteiger partial charge >= 0.3 is 5.97 Å². The van der Waals surface area contributed by atoms with E-state index in [1.807, 2.05) is 30.3 Å². The summed E-state index contributed by atoms with van der Waals surface area (Å²) in [4.78, 5) is 24.7. The molecule has 0 aliphatic carbocycles. The van der Waals surface area contributed by atoms with E-state index >= 15 is 0 Å². The molecule has 0 aromatic heterocycles. The third-order valence-corrected chi connectivity index (χ3v) is 3.33. The molecule has 1 aromatic rings. The second kappa shape index (κ2) is 6.22. The number of amides is 1. The zero-order chi connectivity index (χ0) is 13.7. The molecule has 0 saturated carbocycles. The fourth-order valence-electron chi connectivity index (χ4n) is 2.32. The summed E-state index contributed by atoms with van der Waals surface area (Å²) in [6.07, 6.45) is 2.29.